The lowest BCUT2D eigenvalue weighted by Gasteiger charge is -2.31. The standard InChI is InChI=1S/C19H19ClF2N4O2/c20-17-15(18(21)22)8-16(23-24-17)26(13-4-2-1-3-5-13)14-6-11-9-25(19(27)28)10-12(11)7-14/h1-5,8,11-12,14,18H,6-7,9-10H2,(H,27,28)/t11-,12+,14?. The van der Waals surface area contributed by atoms with E-state index < -0.39 is 12.5 Å². The second-order valence-corrected chi connectivity index (χ2v) is 7.65. The monoisotopic (exact) mass is 408 g/mol. The van der Waals surface area contributed by atoms with E-state index in [9.17, 15) is 18.7 Å². The summed E-state index contributed by atoms with van der Waals surface area (Å²) in [5.41, 5.74) is 0.488. The second-order valence-electron chi connectivity index (χ2n) is 7.29. The van der Waals surface area contributed by atoms with Crippen LogP contribution in [0.4, 0.5) is 25.1 Å². The first-order valence-electron chi connectivity index (χ1n) is 9.07. The number of aromatic nitrogens is 2. The van der Waals surface area contributed by atoms with Crippen molar-refractivity contribution >= 4 is 29.2 Å². The lowest BCUT2D eigenvalue weighted by Crippen LogP contribution is -2.34. The lowest BCUT2D eigenvalue weighted by molar-refractivity contribution is 0.150. The normalized spacial score (nSPS) is 23.9. The maximum absolute atomic E-state index is 13.3. The molecule has 0 radical (unpaired) electrons. The molecule has 1 saturated carbocycles. The number of amides is 1. The Bertz CT molecular complexity index is 856. The summed E-state index contributed by atoms with van der Waals surface area (Å²) in [6, 6.07) is 10.8. The number of para-hydroxylation sites is 1. The van der Waals surface area contributed by atoms with Crippen LogP contribution in [-0.2, 0) is 0 Å². The molecule has 1 aliphatic heterocycles. The highest BCUT2D eigenvalue weighted by molar-refractivity contribution is 6.30. The molecular weight excluding hydrogens is 390 g/mol. The highest BCUT2D eigenvalue weighted by Crippen LogP contribution is 2.44. The third kappa shape index (κ3) is 3.48. The van der Waals surface area contributed by atoms with Gasteiger partial charge in [0.15, 0.2) is 11.0 Å². The Morgan fingerprint density at radius 1 is 1.18 bits per heavy atom. The van der Waals surface area contributed by atoms with E-state index in [1.165, 1.54) is 11.0 Å². The topological polar surface area (TPSA) is 69.6 Å². The van der Waals surface area contributed by atoms with Gasteiger partial charge >= 0.3 is 6.09 Å². The first-order valence-corrected chi connectivity index (χ1v) is 9.45. The molecule has 1 aromatic heterocycles. The van der Waals surface area contributed by atoms with Crippen molar-refractivity contribution < 1.29 is 18.7 Å². The van der Waals surface area contributed by atoms with Crippen LogP contribution in [0.3, 0.4) is 0 Å². The average Bonchev–Trinajstić information content (AvgIpc) is 3.23. The Balaban J connectivity index is 1.66. The van der Waals surface area contributed by atoms with E-state index in [1.807, 2.05) is 35.2 Å². The number of benzene rings is 1. The molecule has 1 N–H and O–H groups in total. The summed E-state index contributed by atoms with van der Waals surface area (Å²) >= 11 is 5.79. The number of hydrogen-bond acceptors (Lipinski definition) is 4. The molecular formula is C19H19ClF2N4O2. The van der Waals surface area contributed by atoms with Gasteiger partial charge in [-0.3, -0.25) is 0 Å². The molecule has 1 saturated heterocycles. The van der Waals surface area contributed by atoms with Crippen molar-refractivity contribution in [2.45, 2.75) is 25.3 Å². The number of rotatable bonds is 4. The number of carboxylic acid groups (broad SMARTS) is 1. The molecule has 1 aromatic carbocycles. The number of hydrogen-bond donors (Lipinski definition) is 1. The Morgan fingerprint density at radius 2 is 1.82 bits per heavy atom. The van der Waals surface area contributed by atoms with E-state index in [0.29, 0.717) is 18.9 Å². The molecule has 1 unspecified atom stereocenters. The third-order valence-electron chi connectivity index (χ3n) is 5.64. The predicted molar refractivity (Wildman–Crippen MR) is 100 cm³/mol. The van der Waals surface area contributed by atoms with Crippen molar-refractivity contribution in [3.05, 3.63) is 47.1 Å². The molecule has 148 valence electrons. The third-order valence-corrected chi connectivity index (χ3v) is 5.93. The van der Waals surface area contributed by atoms with Gasteiger partial charge in [-0.25, -0.2) is 13.6 Å². The van der Waals surface area contributed by atoms with E-state index in [0.717, 1.165) is 18.5 Å². The summed E-state index contributed by atoms with van der Waals surface area (Å²) in [6.07, 6.45) is -2.11. The van der Waals surface area contributed by atoms with Crippen molar-refractivity contribution in [3.63, 3.8) is 0 Å². The molecule has 1 aliphatic carbocycles. The fourth-order valence-electron chi connectivity index (χ4n) is 4.40. The van der Waals surface area contributed by atoms with E-state index in [4.69, 9.17) is 11.6 Å². The summed E-state index contributed by atoms with van der Waals surface area (Å²) in [5, 5.41) is 16.7. The van der Waals surface area contributed by atoms with Gasteiger partial charge in [-0.1, -0.05) is 29.8 Å². The van der Waals surface area contributed by atoms with Crippen molar-refractivity contribution in [1.29, 1.82) is 0 Å². The summed E-state index contributed by atoms with van der Waals surface area (Å²) in [5.74, 6) is 0.829. The highest BCUT2D eigenvalue weighted by Gasteiger charge is 2.44. The van der Waals surface area contributed by atoms with Crippen LogP contribution in [0.15, 0.2) is 36.4 Å². The Hall–Kier alpha value is -2.48. The zero-order valence-electron chi connectivity index (χ0n) is 14.9. The van der Waals surface area contributed by atoms with Crippen molar-refractivity contribution in [2.24, 2.45) is 11.8 Å². The minimum atomic E-state index is -2.74. The van der Waals surface area contributed by atoms with Crippen LogP contribution in [0.2, 0.25) is 5.15 Å². The minimum Gasteiger partial charge on any atom is -0.465 e. The van der Waals surface area contributed by atoms with Crippen LogP contribution in [0, 0.1) is 11.8 Å². The first-order chi connectivity index (χ1) is 13.4. The van der Waals surface area contributed by atoms with Gasteiger partial charge < -0.3 is 14.9 Å². The molecule has 0 bridgehead atoms. The number of fused-ring (bicyclic) bond motifs is 1. The zero-order chi connectivity index (χ0) is 19.8. The van der Waals surface area contributed by atoms with Crippen LogP contribution in [0.25, 0.3) is 0 Å². The average molecular weight is 409 g/mol. The van der Waals surface area contributed by atoms with Gasteiger partial charge in [0.1, 0.15) is 0 Å². The Morgan fingerprint density at radius 3 is 2.39 bits per heavy atom. The zero-order valence-corrected chi connectivity index (χ0v) is 15.6. The maximum Gasteiger partial charge on any atom is 0.407 e. The second kappa shape index (κ2) is 7.50. The number of anilines is 2. The SMILES string of the molecule is O=C(O)N1C[C@H]2CC(N(c3ccccc3)c3cc(C(F)F)c(Cl)nn3)C[C@H]2C1. The molecule has 2 aromatic rings. The lowest BCUT2D eigenvalue weighted by atomic mass is 10.0. The highest BCUT2D eigenvalue weighted by atomic mass is 35.5. The summed E-state index contributed by atoms with van der Waals surface area (Å²) < 4.78 is 26.7. The van der Waals surface area contributed by atoms with Gasteiger partial charge in [0.25, 0.3) is 6.43 Å². The first kappa shape index (κ1) is 18.9. The van der Waals surface area contributed by atoms with Crippen molar-refractivity contribution in [3.8, 4) is 0 Å². The quantitative estimate of drug-likeness (QED) is 0.801. The molecule has 1 amide bonds. The fraction of sp³-hybridized carbons (Fsp3) is 0.421. The molecule has 3 atom stereocenters. The predicted octanol–water partition coefficient (Wildman–Crippen LogP) is 4.59. The number of nitrogens with zero attached hydrogens (tertiary/aromatic N) is 4. The molecule has 4 rings (SSSR count). The minimum absolute atomic E-state index is 0.0225. The molecule has 0 spiro atoms. The van der Waals surface area contributed by atoms with Gasteiger partial charge in [-0.2, -0.15) is 0 Å². The van der Waals surface area contributed by atoms with Crippen LogP contribution in [-0.4, -0.2) is 45.4 Å². The number of likely N-dealkylation sites (tertiary alicyclic amines) is 1. The van der Waals surface area contributed by atoms with Crippen molar-refractivity contribution in [1.82, 2.24) is 15.1 Å². The molecule has 2 heterocycles. The van der Waals surface area contributed by atoms with Gasteiger partial charge in [-0.15, -0.1) is 10.2 Å². The Labute approximate surface area is 165 Å². The maximum atomic E-state index is 13.3. The van der Waals surface area contributed by atoms with Crippen molar-refractivity contribution in [2.75, 3.05) is 18.0 Å². The molecule has 9 heteroatoms. The van der Waals surface area contributed by atoms with E-state index in [1.54, 1.807) is 0 Å². The number of alkyl halides is 2. The van der Waals surface area contributed by atoms with Crippen LogP contribution >= 0.6 is 11.6 Å². The largest absolute Gasteiger partial charge is 0.465 e. The van der Waals surface area contributed by atoms with E-state index >= 15 is 0 Å². The molecule has 28 heavy (non-hydrogen) atoms. The molecule has 2 aliphatic rings. The smallest absolute Gasteiger partial charge is 0.407 e. The number of carbonyl (C=O) groups is 1. The van der Waals surface area contributed by atoms with Crippen LogP contribution < -0.4 is 4.90 Å². The van der Waals surface area contributed by atoms with E-state index in [-0.39, 0.29) is 28.6 Å². The van der Waals surface area contributed by atoms with Gasteiger partial charge in [-0.05, 0) is 42.9 Å². The van der Waals surface area contributed by atoms with Gasteiger partial charge in [0, 0.05) is 24.8 Å². The molecule has 2 fully saturated rings. The van der Waals surface area contributed by atoms with Crippen LogP contribution in [0.1, 0.15) is 24.8 Å². The van der Waals surface area contributed by atoms with Gasteiger partial charge in [0.05, 0.1) is 5.56 Å². The number of halogens is 3. The van der Waals surface area contributed by atoms with E-state index in [2.05, 4.69) is 10.2 Å². The summed E-state index contributed by atoms with van der Waals surface area (Å²) in [6.45, 7) is 1.02. The van der Waals surface area contributed by atoms with Gasteiger partial charge in [0.2, 0.25) is 0 Å². The fourth-order valence-corrected chi connectivity index (χ4v) is 4.58. The summed E-state index contributed by atoms with van der Waals surface area (Å²) in [7, 11) is 0. The molecule has 6 nitrogen and oxygen atoms in total. The summed E-state index contributed by atoms with van der Waals surface area (Å²) in [4.78, 5) is 14.6. The van der Waals surface area contributed by atoms with Crippen LogP contribution in [0.5, 0.6) is 0 Å². The Kier molecular flexibility index (Phi) is 5.05.